The fourth-order valence-electron chi connectivity index (χ4n) is 15.8. The van der Waals surface area contributed by atoms with Gasteiger partial charge in [-0.3, -0.25) is 4.79 Å². The summed E-state index contributed by atoms with van der Waals surface area (Å²) in [5.74, 6) is 0.559. The molecule has 4 fully saturated rings. The Hall–Kier alpha value is -3.30. The predicted molar refractivity (Wildman–Crippen MR) is 424 cm³/mol. The molecule has 29 heteroatoms. The summed E-state index contributed by atoms with van der Waals surface area (Å²) >= 11 is 3.29. The maximum Gasteiger partial charge on any atom is 0.434 e. The van der Waals surface area contributed by atoms with Crippen LogP contribution < -0.4 is 14.2 Å². The van der Waals surface area contributed by atoms with Crippen LogP contribution in [-0.4, -0.2) is 229 Å². The van der Waals surface area contributed by atoms with Crippen LogP contribution in [0.25, 0.3) is 11.1 Å². The number of ether oxygens (including phenoxy) is 12. The van der Waals surface area contributed by atoms with Gasteiger partial charge in [-0.25, -0.2) is 14.4 Å². The number of amides is 2. The van der Waals surface area contributed by atoms with Gasteiger partial charge in [-0.1, -0.05) is 142 Å². The molecule has 0 radical (unpaired) electrons. The topological polar surface area (TPSA) is 246 Å². The van der Waals surface area contributed by atoms with Crippen LogP contribution in [0.5, 0.6) is 17.2 Å². The molecule has 1 unspecified atom stereocenters. The number of hydrogen-bond acceptors (Lipinski definition) is 22. The zero-order valence-corrected chi connectivity index (χ0v) is 73.1. The van der Waals surface area contributed by atoms with Crippen molar-refractivity contribution >= 4 is 84.7 Å². The molecule has 1 aliphatic carbocycles. The standard InChI is InChI=1S/C76H123IN2O21SSi4/c1-22-78(75(83)91-44-54-52-38-34-32-36-50(52)51-37-33-35-39-53(51)54)55-45-90-58(42-56(55)85-15)95-67-63(80)62(47(12)93-72(67)81)79(76(84)89-40-41-102(19,20)21)97-59-43-57(98-103(23-2,24-3)25-4)71(49(14)92-59)101-73(82)60-46(11)61(77)66(69(88-18)65(60)86-16)96-74-70(100-105(29-8,30-9)31-10)68(87-17)64(48(13)94-74)99-104(26-5,27-6)28-7/h32-39,47-49,54-59,62-64,67-68,70-72,74,80-81H,22-31,40-45H2,1-21H3/t47-,48+,49-,55+,56+,57+,58+,59+,62-,63+,64+,67-,68-,70-,71-,72?,74+/m1/s1. The van der Waals surface area contributed by atoms with E-state index in [9.17, 15) is 19.8 Å². The number of aliphatic hydroxyl groups excluding tert-OH is 2. The second-order valence-corrected chi connectivity index (χ2v) is 51.8. The van der Waals surface area contributed by atoms with Crippen LogP contribution in [0.4, 0.5) is 9.59 Å². The van der Waals surface area contributed by atoms with E-state index in [1.807, 2.05) is 52.0 Å². The van der Waals surface area contributed by atoms with Gasteiger partial charge < -0.3 is 85.2 Å². The van der Waals surface area contributed by atoms with E-state index in [2.05, 4.69) is 129 Å². The Kier molecular flexibility index (Phi) is 32.2. The van der Waals surface area contributed by atoms with Gasteiger partial charge in [0.05, 0.1) is 84.5 Å². The van der Waals surface area contributed by atoms with Gasteiger partial charge in [0.25, 0.3) is 0 Å². The highest BCUT2D eigenvalue weighted by Crippen LogP contribution is 2.51. The number of methoxy groups -OCH3 is 4. The molecule has 0 aromatic heterocycles. The van der Waals surface area contributed by atoms with E-state index in [1.165, 1.54) is 21.3 Å². The summed E-state index contributed by atoms with van der Waals surface area (Å²) in [5, 5.41) is 24.3. The molecule has 2 N–H and O–H groups in total. The van der Waals surface area contributed by atoms with Crippen molar-refractivity contribution < 1.29 is 99.6 Å². The van der Waals surface area contributed by atoms with Crippen molar-refractivity contribution in [2.45, 2.75) is 299 Å². The summed E-state index contributed by atoms with van der Waals surface area (Å²) in [6.45, 7) is 35.7. The minimum Gasteiger partial charge on any atom is -0.492 e. The van der Waals surface area contributed by atoms with E-state index in [1.54, 1.807) is 18.9 Å². The number of likely N-dealkylation sites (N-methyl/N-ethyl adjacent to an activating group) is 1. The monoisotopic (exact) mass is 1670 g/mol. The molecule has 23 nitrogen and oxygen atoms in total. The molecule has 2 amide bonds. The fraction of sp³-hybridized carbons (Fsp3) is 0.724. The normalized spacial score (nSPS) is 28.1. The van der Waals surface area contributed by atoms with Gasteiger partial charge in [-0.05, 0) is 145 Å². The quantitative estimate of drug-likeness (QED) is 0.0316. The zero-order chi connectivity index (χ0) is 77.0. The lowest BCUT2D eigenvalue weighted by atomic mass is 9.96. The van der Waals surface area contributed by atoms with Crippen molar-refractivity contribution in [3.63, 3.8) is 0 Å². The van der Waals surface area contributed by atoms with E-state index >= 15 is 4.79 Å². The van der Waals surface area contributed by atoms with E-state index in [-0.39, 0.29) is 67.3 Å². The van der Waals surface area contributed by atoms with Gasteiger partial charge >= 0.3 is 12.2 Å². The molecule has 4 aliphatic heterocycles. The van der Waals surface area contributed by atoms with Gasteiger partial charge in [0.2, 0.25) is 17.2 Å². The van der Waals surface area contributed by atoms with Gasteiger partial charge in [0.1, 0.15) is 37.1 Å². The Morgan fingerprint density at radius 3 is 1.70 bits per heavy atom. The Balaban J connectivity index is 1.04. The van der Waals surface area contributed by atoms with Crippen LogP contribution in [0, 0.1) is 10.5 Å². The molecule has 8 rings (SSSR count). The highest BCUT2D eigenvalue weighted by molar-refractivity contribution is 14.1. The number of hydroxylamine groups is 2. The molecule has 0 saturated carbocycles. The molecule has 3 aromatic rings. The van der Waals surface area contributed by atoms with Crippen molar-refractivity contribution in [2.75, 3.05) is 54.8 Å². The maximum absolute atomic E-state index is 15.6. The first-order valence-corrected chi connectivity index (χ1v) is 51.6. The van der Waals surface area contributed by atoms with Crippen molar-refractivity contribution in [1.82, 2.24) is 9.96 Å². The lowest BCUT2D eigenvalue weighted by Crippen LogP contribution is -2.66. The van der Waals surface area contributed by atoms with Gasteiger partial charge in [0, 0.05) is 47.6 Å². The lowest BCUT2D eigenvalue weighted by molar-refractivity contribution is -0.360. The number of carbonyl (C=O) groups excluding carboxylic acids is 3. The van der Waals surface area contributed by atoms with Crippen LogP contribution in [0.15, 0.2) is 48.5 Å². The third kappa shape index (κ3) is 19.6. The number of halogens is 1. The number of nitrogens with zero attached hydrogens (tertiary/aromatic N) is 2. The van der Waals surface area contributed by atoms with Crippen LogP contribution >= 0.6 is 34.4 Å². The molecular formula is C76H123IN2O21SSi4. The molecule has 592 valence electrons. The van der Waals surface area contributed by atoms with Crippen molar-refractivity contribution in [1.29, 1.82) is 0 Å². The third-order valence-corrected chi connectivity index (χ3v) is 41.3. The first kappa shape index (κ1) is 87.3. The van der Waals surface area contributed by atoms with Gasteiger partial charge in [-0.15, -0.1) is 0 Å². The number of rotatable bonds is 35. The number of hydrogen-bond donors (Lipinski definition) is 2. The lowest BCUT2D eigenvalue weighted by Gasteiger charge is -2.49. The van der Waals surface area contributed by atoms with Gasteiger partial charge in [0.15, 0.2) is 55.3 Å². The Morgan fingerprint density at radius 1 is 0.619 bits per heavy atom. The summed E-state index contributed by atoms with van der Waals surface area (Å²) < 4.78 is 99.6. The summed E-state index contributed by atoms with van der Waals surface area (Å²) in [7, 11) is -2.54. The van der Waals surface area contributed by atoms with E-state index in [0.717, 1.165) is 93.5 Å². The highest BCUT2D eigenvalue weighted by atomic mass is 127. The van der Waals surface area contributed by atoms with Crippen LogP contribution in [0.1, 0.15) is 136 Å². The average Bonchev–Trinajstić information content (AvgIpc) is 1.57. The minimum absolute atomic E-state index is 0.0391. The highest BCUT2D eigenvalue weighted by Gasteiger charge is 2.56. The minimum atomic E-state index is -2.51. The van der Waals surface area contributed by atoms with Crippen LogP contribution in [0.2, 0.25) is 80.1 Å². The van der Waals surface area contributed by atoms with Crippen molar-refractivity contribution in [3.05, 3.63) is 74.4 Å². The van der Waals surface area contributed by atoms with E-state index in [0.29, 0.717) is 20.9 Å². The van der Waals surface area contributed by atoms with E-state index < -0.39 is 149 Å². The number of fused-ring (bicyclic) bond motifs is 3. The summed E-state index contributed by atoms with van der Waals surface area (Å²) in [6, 6.07) is 22.8. The molecule has 0 spiro atoms. The SMILES string of the molecule is CCN(C(=O)OCC1c2ccccc2-c2ccccc21)[C@H]1CO[C@@H](O[C@H]2C(O)O[C@H](C)[C@@H](N(O[C@H]3C[C@H](O[Si](CC)(CC)CC)[C@H](SC(=O)c4c(C)c(I)c(O[C@@H]5O[C@@H](C)[C@H](O[Si](CC)(CC)CC)[C@@H](OC)[C@H]5O[Si](CC)(CC)CC)c(OC)c4OC)[C@@H](C)O3)C(=O)OCC[Si](C)(C)C)[C@@H]2O)C[C@@H]1OC. The first-order chi connectivity index (χ1) is 50.1. The molecule has 3 aromatic carbocycles. The molecule has 105 heavy (non-hydrogen) atoms. The summed E-state index contributed by atoms with van der Waals surface area (Å²) in [6.07, 6.45) is -14.7. The third-order valence-electron chi connectivity index (χ3n) is 23.0. The molecule has 17 atom stereocenters. The summed E-state index contributed by atoms with van der Waals surface area (Å²) in [5.41, 5.74) is 5.29. The Morgan fingerprint density at radius 2 is 1.17 bits per heavy atom. The Labute approximate surface area is 646 Å². The van der Waals surface area contributed by atoms with Crippen LogP contribution in [0.3, 0.4) is 0 Å². The number of benzene rings is 3. The maximum atomic E-state index is 15.6. The first-order valence-electron chi connectivity index (χ1n) is 38.3. The smallest absolute Gasteiger partial charge is 0.434 e. The average molecular weight is 1670 g/mol. The molecule has 0 bridgehead atoms. The molecular weight excluding hydrogens is 1550 g/mol. The van der Waals surface area contributed by atoms with Crippen LogP contribution in [-0.2, 0) is 60.7 Å². The van der Waals surface area contributed by atoms with Crippen molar-refractivity contribution in [3.8, 4) is 28.4 Å². The fourth-order valence-corrected chi connectivity index (χ4v) is 27.0. The number of carbonyl (C=O) groups is 3. The zero-order valence-electron chi connectivity index (χ0n) is 66.2. The number of thioether (sulfide) groups is 1. The van der Waals surface area contributed by atoms with Gasteiger partial charge in [-0.2, -0.15) is 5.06 Å². The molecule has 5 aliphatic rings. The second-order valence-electron chi connectivity index (χ2n) is 29.8. The number of aliphatic hydroxyl groups is 2. The van der Waals surface area contributed by atoms with Crippen molar-refractivity contribution in [2.24, 2.45) is 0 Å². The Bertz CT molecular complexity index is 3240. The summed E-state index contributed by atoms with van der Waals surface area (Å²) in [4.78, 5) is 52.9. The molecule has 4 saturated heterocycles. The second kappa shape index (κ2) is 38.8. The largest absolute Gasteiger partial charge is 0.492 e. The predicted octanol–water partition coefficient (Wildman–Crippen LogP) is 15.3. The van der Waals surface area contributed by atoms with E-state index in [4.69, 9.17) is 75.0 Å². The molecule has 4 heterocycles.